The first-order valence-corrected chi connectivity index (χ1v) is 8.72. The molecule has 0 aliphatic carbocycles. The van der Waals surface area contributed by atoms with Crippen LogP contribution in [0.25, 0.3) is 22.5 Å². The fourth-order valence-electron chi connectivity index (χ4n) is 3.38. The molecule has 6 heteroatoms. The molecule has 4 rings (SSSR count). The van der Waals surface area contributed by atoms with Gasteiger partial charge in [0.2, 0.25) is 0 Å². The molecule has 1 aliphatic rings. The number of fused-ring (bicyclic) bond motifs is 1. The summed E-state index contributed by atoms with van der Waals surface area (Å²) in [6, 6.07) is 14.2. The van der Waals surface area contributed by atoms with Gasteiger partial charge < -0.3 is 11.1 Å². The third-order valence-electron chi connectivity index (χ3n) is 4.75. The summed E-state index contributed by atoms with van der Waals surface area (Å²) in [5, 5.41) is 17.7. The highest BCUT2D eigenvalue weighted by Gasteiger charge is 2.18. The molecule has 0 unspecified atom stereocenters. The summed E-state index contributed by atoms with van der Waals surface area (Å²) in [6.45, 7) is 4.67. The van der Waals surface area contributed by atoms with Gasteiger partial charge in [-0.3, -0.25) is 4.68 Å². The van der Waals surface area contributed by atoms with Gasteiger partial charge in [-0.15, -0.1) is 0 Å². The molecule has 130 valence electrons. The zero-order chi connectivity index (χ0) is 18.1. The molecule has 0 saturated heterocycles. The Morgan fingerprint density at radius 3 is 2.85 bits per heavy atom. The number of aromatic nitrogens is 3. The van der Waals surface area contributed by atoms with Gasteiger partial charge in [-0.1, -0.05) is 24.3 Å². The van der Waals surface area contributed by atoms with E-state index in [1.54, 1.807) is 0 Å². The van der Waals surface area contributed by atoms with Gasteiger partial charge in [0.05, 0.1) is 17.1 Å². The Balaban J connectivity index is 1.88. The quantitative estimate of drug-likeness (QED) is 0.746. The van der Waals surface area contributed by atoms with E-state index < -0.39 is 0 Å². The molecule has 3 aromatic rings. The maximum Gasteiger partial charge on any atom is 0.142 e. The third kappa shape index (κ3) is 2.83. The van der Waals surface area contributed by atoms with Crippen molar-refractivity contribution in [2.24, 2.45) is 0 Å². The summed E-state index contributed by atoms with van der Waals surface area (Å²) in [5.41, 5.74) is 12.0. The largest absolute Gasteiger partial charge is 0.383 e. The van der Waals surface area contributed by atoms with Gasteiger partial charge in [-0.25, -0.2) is 4.98 Å². The lowest BCUT2D eigenvalue weighted by atomic mass is 10.00. The second-order valence-corrected chi connectivity index (χ2v) is 6.52. The monoisotopic (exact) mass is 344 g/mol. The van der Waals surface area contributed by atoms with E-state index in [0.29, 0.717) is 5.56 Å². The number of rotatable bonds is 2. The highest BCUT2D eigenvalue weighted by Crippen LogP contribution is 2.32. The molecule has 26 heavy (non-hydrogen) atoms. The van der Waals surface area contributed by atoms with E-state index in [9.17, 15) is 5.26 Å². The van der Waals surface area contributed by atoms with Crippen molar-refractivity contribution in [1.29, 1.82) is 5.26 Å². The number of pyridine rings is 1. The maximum absolute atomic E-state index is 9.61. The smallest absolute Gasteiger partial charge is 0.142 e. The Morgan fingerprint density at radius 1 is 1.19 bits per heavy atom. The van der Waals surface area contributed by atoms with E-state index in [0.717, 1.165) is 59.8 Å². The third-order valence-corrected chi connectivity index (χ3v) is 4.75. The minimum absolute atomic E-state index is 0.240. The predicted octanol–water partition coefficient (Wildman–Crippen LogP) is 2.87. The molecule has 1 aliphatic heterocycles. The van der Waals surface area contributed by atoms with Gasteiger partial charge in [-0.2, -0.15) is 10.4 Å². The number of nitrogens with one attached hydrogen (secondary N) is 1. The van der Waals surface area contributed by atoms with Crippen molar-refractivity contribution < 1.29 is 0 Å². The van der Waals surface area contributed by atoms with Crippen LogP contribution in [-0.2, 0) is 13.1 Å². The van der Waals surface area contributed by atoms with E-state index in [1.807, 2.05) is 48.0 Å². The van der Waals surface area contributed by atoms with E-state index in [1.165, 1.54) is 0 Å². The Labute approximate surface area is 152 Å². The van der Waals surface area contributed by atoms with Crippen LogP contribution in [0.2, 0.25) is 0 Å². The average Bonchev–Trinajstić information content (AvgIpc) is 2.92. The molecule has 3 N–H and O–H groups in total. The van der Waals surface area contributed by atoms with Crippen molar-refractivity contribution in [2.75, 3.05) is 12.3 Å². The fraction of sp³-hybridized carbons (Fsp3) is 0.250. The number of nitrogen functional groups attached to an aromatic ring is 1. The topological polar surface area (TPSA) is 92.5 Å². The second-order valence-electron chi connectivity index (χ2n) is 6.52. The van der Waals surface area contributed by atoms with Crippen LogP contribution in [0.15, 0.2) is 36.4 Å². The van der Waals surface area contributed by atoms with Gasteiger partial charge in [0, 0.05) is 24.2 Å². The molecule has 0 amide bonds. The van der Waals surface area contributed by atoms with Crippen LogP contribution in [0, 0.1) is 18.3 Å². The van der Waals surface area contributed by atoms with Gasteiger partial charge >= 0.3 is 0 Å². The molecule has 1 aromatic carbocycles. The number of nitrogens with zero attached hydrogens (tertiary/aromatic N) is 4. The highest BCUT2D eigenvalue weighted by atomic mass is 15.3. The number of aryl methyl sites for hydroxylation is 2. The van der Waals surface area contributed by atoms with Crippen LogP contribution in [0.5, 0.6) is 0 Å². The summed E-state index contributed by atoms with van der Waals surface area (Å²) in [5.74, 6) is 0.240. The number of hydrogen-bond acceptors (Lipinski definition) is 5. The molecular weight excluding hydrogens is 324 g/mol. The van der Waals surface area contributed by atoms with Crippen molar-refractivity contribution in [1.82, 2.24) is 20.1 Å². The summed E-state index contributed by atoms with van der Waals surface area (Å²) < 4.78 is 2.01. The second kappa shape index (κ2) is 6.62. The maximum atomic E-state index is 9.61. The molecule has 3 heterocycles. The van der Waals surface area contributed by atoms with Crippen molar-refractivity contribution in [3.05, 3.63) is 53.2 Å². The number of nitriles is 1. The predicted molar refractivity (Wildman–Crippen MR) is 101 cm³/mol. The first kappa shape index (κ1) is 16.3. The van der Waals surface area contributed by atoms with E-state index in [4.69, 9.17) is 10.8 Å². The van der Waals surface area contributed by atoms with Crippen molar-refractivity contribution in [2.45, 2.75) is 26.4 Å². The number of nitrogens with two attached hydrogens (primary N) is 1. The van der Waals surface area contributed by atoms with Crippen LogP contribution in [0.4, 0.5) is 5.82 Å². The summed E-state index contributed by atoms with van der Waals surface area (Å²) in [6.07, 6.45) is 1.03. The van der Waals surface area contributed by atoms with Crippen LogP contribution < -0.4 is 11.1 Å². The van der Waals surface area contributed by atoms with Crippen molar-refractivity contribution in [3.63, 3.8) is 0 Å². The van der Waals surface area contributed by atoms with E-state index >= 15 is 0 Å². The Kier molecular flexibility index (Phi) is 4.15. The lowest BCUT2D eigenvalue weighted by Gasteiger charge is -2.10. The van der Waals surface area contributed by atoms with Crippen molar-refractivity contribution in [3.8, 4) is 28.6 Å². The highest BCUT2D eigenvalue weighted by molar-refractivity contribution is 5.79. The number of hydrogen-bond donors (Lipinski definition) is 2. The Bertz CT molecular complexity index is 988. The first-order chi connectivity index (χ1) is 12.7. The molecule has 0 saturated carbocycles. The SMILES string of the molecule is Cc1ccccc1-c1cc(-c2cc3n(n2)CCCNC3)c(C#N)c(N)n1. The number of benzene rings is 1. The molecular formula is C20H20N6. The van der Waals surface area contributed by atoms with Crippen LogP contribution in [0.3, 0.4) is 0 Å². The Hall–Kier alpha value is -3.17. The molecule has 2 aromatic heterocycles. The standard InChI is InChI=1S/C20H20N6/c1-13-5-2-3-6-15(13)18-10-16(17(11-21)20(22)24-18)19-9-14-12-23-7-4-8-26(14)25-19/h2-3,5-6,9-10,23H,4,7-8,12H2,1H3,(H2,22,24). The lowest BCUT2D eigenvalue weighted by molar-refractivity contribution is 0.589. The van der Waals surface area contributed by atoms with Crippen LogP contribution >= 0.6 is 0 Å². The van der Waals surface area contributed by atoms with Gasteiger partial charge in [0.1, 0.15) is 17.5 Å². The first-order valence-electron chi connectivity index (χ1n) is 8.72. The Morgan fingerprint density at radius 2 is 2.04 bits per heavy atom. The van der Waals surface area contributed by atoms with E-state index in [-0.39, 0.29) is 5.82 Å². The molecule has 0 spiro atoms. The summed E-state index contributed by atoms with van der Waals surface area (Å²) in [7, 11) is 0. The summed E-state index contributed by atoms with van der Waals surface area (Å²) in [4.78, 5) is 4.47. The van der Waals surface area contributed by atoms with Gasteiger partial charge in [0.15, 0.2) is 0 Å². The molecule has 0 atom stereocenters. The minimum atomic E-state index is 0.240. The lowest BCUT2D eigenvalue weighted by Crippen LogP contribution is -2.11. The van der Waals surface area contributed by atoms with E-state index in [2.05, 4.69) is 16.4 Å². The average molecular weight is 344 g/mol. The normalized spacial score (nSPS) is 13.7. The van der Waals surface area contributed by atoms with Crippen molar-refractivity contribution >= 4 is 5.82 Å². The fourth-order valence-corrected chi connectivity index (χ4v) is 3.38. The van der Waals surface area contributed by atoms with Crippen LogP contribution in [-0.4, -0.2) is 21.3 Å². The zero-order valence-electron chi connectivity index (χ0n) is 14.7. The molecule has 0 radical (unpaired) electrons. The molecule has 6 nitrogen and oxygen atoms in total. The van der Waals surface area contributed by atoms with Gasteiger partial charge in [-0.05, 0) is 37.6 Å². The number of anilines is 1. The molecule has 0 fully saturated rings. The summed E-state index contributed by atoms with van der Waals surface area (Å²) >= 11 is 0. The molecule has 0 bridgehead atoms. The van der Waals surface area contributed by atoms with Crippen LogP contribution in [0.1, 0.15) is 23.2 Å². The minimum Gasteiger partial charge on any atom is -0.383 e. The zero-order valence-corrected chi connectivity index (χ0v) is 14.7. The van der Waals surface area contributed by atoms with Gasteiger partial charge in [0.25, 0.3) is 0 Å².